The number of rotatable bonds is 9. The van der Waals surface area contributed by atoms with Crippen LogP contribution >= 0.6 is 0 Å². The number of hydrogen-bond acceptors (Lipinski definition) is 5. The van der Waals surface area contributed by atoms with E-state index in [2.05, 4.69) is 55.2 Å². The molecule has 0 saturated carbocycles. The number of carbonyl (C=O) groups is 2. The first-order valence-electron chi connectivity index (χ1n) is 12.8. The average molecular weight is 522 g/mol. The highest BCUT2D eigenvalue weighted by molar-refractivity contribution is 5.92. The maximum Gasteiger partial charge on any atom is 0.433 e. The third-order valence-corrected chi connectivity index (χ3v) is 6.32. The summed E-state index contributed by atoms with van der Waals surface area (Å²) in [4.78, 5) is 27.7. The van der Waals surface area contributed by atoms with Gasteiger partial charge in [-0.3, -0.25) is 0 Å². The Morgan fingerprint density at radius 3 is 2.15 bits per heavy atom. The van der Waals surface area contributed by atoms with Crippen molar-refractivity contribution in [1.82, 2.24) is 0 Å². The van der Waals surface area contributed by atoms with E-state index in [0.717, 1.165) is 11.3 Å². The lowest BCUT2D eigenvalue weighted by Gasteiger charge is -2.26. The minimum atomic E-state index is -0.652. The summed E-state index contributed by atoms with van der Waals surface area (Å²) < 4.78 is 16.3. The molecule has 1 amide bonds. The summed E-state index contributed by atoms with van der Waals surface area (Å²) in [6.07, 6.45) is 0.742. The number of esters is 1. The number of carbonyl (C=O) groups excluding carboxylic acids is 2. The lowest BCUT2D eigenvalue weighted by Crippen LogP contribution is -2.18. The van der Waals surface area contributed by atoms with Crippen molar-refractivity contribution in [2.45, 2.75) is 32.8 Å². The molecule has 0 aliphatic carbocycles. The molecular formula is C33H31NO5. The minimum Gasteiger partial charge on any atom is -0.489 e. The highest BCUT2D eigenvalue weighted by Gasteiger charge is 2.22. The van der Waals surface area contributed by atoms with Crippen LogP contribution < -0.4 is 9.47 Å². The van der Waals surface area contributed by atoms with Gasteiger partial charge in [0, 0.05) is 11.6 Å². The van der Waals surface area contributed by atoms with Crippen LogP contribution in [-0.2, 0) is 16.8 Å². The van der Waals surface area contributed by atoms with Crippen LogP contribution in [0.3, 0.4) is 0 Å². The summed E-state index contributed by atoms with van der Waals surface area (Å²) in [5.41, 5.74) is 4.28. The largest absolute Gasteiger partial charge is 0.489 e. The van der Waals surface area contributed by atoms with E-state index in [1.165, 1.54) is 17.3 Å². The van der Waals surface area contributed by atoms with Gasteiger partial charge in [0.2, 0.25) is 0 Å². The van der Waals surface area contributed by atoms with Gasteiger partial charge in [-0.2, -0.15) is 4.99 Å². The van der Waals surface area contributed by atoms with Crippen LogP contribution in [0.5, 0.6) is 11.5 Å². The van der Waals surface area contributed by atoms with Gasteiger partial charge in [0.05, 0.1) is 12.2 Å². The summed E-state index contributed by atoms with van der Waals surface area (Å²) >= 11 is 0. The molecule has 39 heavy (non-hydrogen) atoms. The van der Waals surface area contributed by atoms with E-state index in [1.807, 2.05) is 24.3 Å². The van der Waals surface area contributed by atoms with Gasteiger partial charge < -0.3 is 14.2 Å². The molecular weight excluding hydrogens is 490 g/mol. The molecule has 6 heteroatoms. The molecule has 0 radical (unpaired) electrons. The van der Waals surface area contributed by atoms with Crippen LogP contribution in [0, 0.1) is 0 Å². The van der Waals surface area contributed by atoms with Crippen molar-refractivity contribution in [1.29, 1.82) is 0 Å². The van der Waals surface area contributed by atoms with E-state index in [9.17, 15) is 9.59 Å². The van der Waals surface area contributed by atoms with E-state index in [-0.39, 0.29) is 12.0 Å². The molecule has 4 aromatic rings. The summed E-state index contributed by atoms with van der Waals surface area (Å²) in [5, 5.41) is 0. The normalized spacial score (nSPS) is 11.3. The minimum absolute atomic E-state index is 0.120. The summed E-state index contributed by atoms with van der Waals surface area (Å²) in [6, 6.07) is 32.4. The van der Waals surface area contributed by atoms with Crippen LogP contribution in [0.25, 0.3) is 0 Å². The Labute approximate surface area is 228 Å². The summed E-state index contributed by atoms with van der Waals surface area (Å²) in [5.74, 6) is 0.660. The predicted octanol–water partition coefficient (Wildman–Crippen LogP) is 7.39. The van der Waals surface area contributed by atoms with Gasteiger partial charge in [-0.15, -0.1) is 0 Å². The third-order valence-electron chi connectivity index (χ3n) is 6.32. The van der Waals surface area contributed by atoms with E-state index in [4.69, 9.17) is 14.2 Å². The van der Waals surface area contributed by atoms with Gasteiger partial charge in [0.15, 0.2) is 0 Å². The monoisotopic (exact) mass is 521 g/mol. The van der Waals surface area contributed by atoms with Crippen LogP contribution in [0.15, 0.2) is 108 Å². The van der Waals surface area contributed by atoms with Crippen molar-refractivity contribution in [2.75, 3.05) is 6.61 Å². The molecule has 0 bridgehead atoms. The number of aliphatic imine (C=N–C) groups is 1. The van der Waals surface area contributed by atoms with Crippen molar-refractivity contribution in [3.8, 4) is 11.5 Å². The summed E-state index contributed by atoms with van der Waals surface area (Å²) in [6.45, 7) is 6.71. The molecule has 0 unspecified atom stereocenters. The third kappa shape index (κ3) is 7.42. The Morgan fingerprint density at radius 1 is 0.795 bits per heavy atom. The van der Waals surface area contributed by atoms with Crippen LogP contribution in [-0.4, -0.2) is 24.9 Å². The first-order chi connectivity index (χ1) is 18.8. The maximum atomic E-state index is 12.7. The molecule has 0 heterocycles. The Kier molecular flexibility index (Phi) is 8.90. The molecule has 0 aromatic heterocycles. The van der Waals surface area contributed by atoms with Gasteiger partial charge >= 0.3 is 12.1 Å². The molecule has 4 aromatic carbocycles. The maximum absolute atomic E-state index is 12.7. The van der Waals surface area contributed by atoms with Crippen molar-refractivity contribution in [3.05, 3.63) is 131 Å². The van der Waals surface area contributed by atoms with Crippen molar-refractivity contribution >= 4 is 18.3 Å². The Balaban J connectivity index is 1.34. The smallest absolute Gasteiger partial charge is 0.433 e. The molecule has 0 saturated heterocycles. The predicted molar refractivity (Wildman–Crippen MR) is 152 cm³/mol. The SMILES string of the molecule is CCOC(=O)N=Cc1ccc(OC(=O)c2cccc(COc3ccc(C(C)(C)c4ccccc4)cc3)c2)cc1. The number of ether oxygens (including phenoxy) is 3. The van der Waals surface area contributed by atoms with Crippen LogP contribution in [0.4, 0.5) is 4.79 Å². The average Bonchev–Trinajstić information content (AvgIpc) is 2.97. The van der Waals surface area contributed by atoms with Gasteiger partial charge in [-0.1, -0.05) is 68.4 Å². The highest BCUT2D eigenvalue weighted by Crippen LogP contribution is 2.32. The van der Waals surface area contributed by atoms with Gasteiger partial charge in [0.25, 0.3) is 0 Å². The lowest BCUT2D eigenvalue weighted by atomic mass is 9.78. The number of amides is 1. The van der Waals surface area contributed by atoms with E-state index < -0.39 is 12.1 Å². The zero-order valence-electron chi connectivity index (χ0n) is 22.3. The second-order valence-corrected chi connectivity index (χ2v) is 9.42. The van der Waals surface area contributed by atoms with E-state index in [1.54, 1.807) is 49.4 Å². The number of hydrogen-bond donors (Lipinski definition) is 0. The standard InChI is InChI=1S/C33H31NO5/c1-4-37-32(36)34-22-24-13-17-30(18-14-24)39-31(35)26-10-8-9-25(21-26)23-38-29-19-15-28(16-20-29)33(2,3)27-11-6-5-7-12-27/h5-22H,4,23H2,1-3H3. The van der Waals surface area contributed by atoms with Crippen LogP contribution in [0.2, 0.25) is 0 Å². The quantitative estimate of drug-likeness (QED) is 0.130. The first kappa shape index (κ1) is 27.3. The Hall–Kier alpha value is -4.71. The zero-order valence-corrected chi connectivity index (χ0v) is 22.3. The van der Waals surface area contributed by atoms with Gasteiger partial charge in [0.1, 0.15) is 18.1 Å². The molecule has 0 spiro atoms. The molecule has 0 fully saturated rings. The molecule has 0 aliphatic rings. The number of benzene rings is 4. The van der Waals surface area contributed by atoms with Crippen LogP contribution in [0.1, 0.15) is 53.4 Å². The Bertz CT molecular complexity index is 1430. The Morgan fingerprint density at radius 2 is 1.46 bits per heavy atom. The van der Waals surface area contributed by atoms with Gasteiger partial charge in [-0.05, 0) is 77.7 Å². The summed E-state index contributed by atoms with van der Waals surface area (Å²) in [7, 11) is 0. The van der Waals surface area contributed by atoms with E-state index >= 15 is 0 Å². The molecule has 6 nitrogen and oxygen atoms in total. The molecule has 0 atom stereocenters. The van der Waals surface area contributed by atoms with Crippen molar-refractivity contribution in [2.24, 2.45) is 4.99 Å². The fraction of sp³-hybridized carbons (Fsp3) is 0.182. The van der Waals surface area contributed by atoms with E-state index in [0.29, 0.717) is 23.5 Å². The second kappa shape index (κ2) is 12.7. The zero-order chi connectivity index (χ0) is 27.7. The fourth-order valence-electron chi connectivity index (χ4n) is 4.02. The first-order valence-corrected chi connectivity index (χ1v) is 12.8. The second-order valence-electron chi connectivity index (χ2n) is 9.42. The van der Waals surface area contributed by atoms with Gasteiger partial charge in [-0.25, -0.2) is 9.59 Å². The molecule has 198 valence electrons. The lowest BCUT2D eigenvalue weighted by molar-refractivity contribution is 0.0734. The fourth-order valence-corrected chi connectivity index (χ4v) is 4.02. The molecule has 0 aliphatic heterocycles. The van der Waals surface area contributed by atoms with Crippen molar-refractivity contribution < 1.29 is 23.8 Å². The highest BCUT2D eigenvalue weighted by atomic mass is 16.5. The molecule has 0 N–H and O–H groups in total. The topological polar surface area (TPSA) is 74.2 Å². The molecule has 4 rings (SSSR count). The number of nitrogens with zero attached hydrogens (tertiary/aromatic N) is 1. The van der Waals surface area contributed by atoms with Crippen molar-refractivity contribution in [3.63, 3.8) is 0 Å².